The molecule has 0 unspecified atom stereocenters. The number of hydrogen-bond acceptors (Lipinski definition) is 3. The maximum Gasteiger partial charge on any atom is 0.173 e. The molecule has 0 aliphatic rings. The maximum atomic E-state index is 5.57. The highest BCUT2D eigenvalue weighted by atomic mass is 32.1. The van der Waals surface area contributed by atoms with Gasteiger partial charge in [-0.25, -0.2) is 0 Å². The van der Waals surface area contributed by atoms with Crippen molar-refractivity contribution in [3.63, 3.8) is 0 Å². The Morgan fingerprint density at radius 1 is 1.15 bits per heavy atom. The van der Waals surface area contributed by atoms with E-state index in [0.717, 1.165) is 21.8 Å². The number of furan rings is 2. The third-order valence-corrected chi connectivity index (χ3v) is 2.79. The quantitative estimate of drug-likeness (QED) is 0.584. The lowest BCUT2D eigenvalue weighted by Crippen LogP contribution is -1.59. The minimum absolute atomic E-state index is 0.809. The normalized spacial score (nSPS) is 11.1. The van der Waals surface area contributed by atoms with Gasteiger partial charge in [0.05, 0.1) is 11.1 Å². The minimum atomic E-state index is 0.809. The van der Waals surface area contributed by atoms with E-state index in [1.807, 2.05) is 29.6 Å². The van der Waals surface area contributed by atoms with Crippen LogP contribution in [0.1, 0.15) is 0 Å². The van der Waals surface area contributed by atoms with Crippen LogP contribution in [0.2, 0.25) is 0 Å². The molecule has 3 heterocycles. The highest BCUT2D eigenvalue weighted by Crippen LogP contribution is 2.30. The Labute approximate surface area is 78.4 Å². The summed E-state index contributed by atoms with van der Waals surface area (Å²) < 4.78 is 10.8. The van der Waals surface area contributed by atoms with Crippen LogP contribution in [0.3, 0.4) is 0 Å². The summed E-state index contributed by atoms with van der Waals surface area (Å²) in [6.07, 6.45) is 1.63. The Morgan fingerprint density at radius 3 is 2.92 bits per heavy atom. The second-order valence-electron chi connectivity index (χ2n) is 2.74. The summed E-state index contributed by atoms with van der Waals surface area (Å²) >= 11 is 1.66. The Morgan fingerprint density at radius 2 is 2.15 bits per heavy atom. The standard InChI is InChI=1S/C10H6O2S/c1-2-10(13-5-1)9-6-8-7(12-9)3-4-11-8/h1-6H. The highest BCUT2D eigenvalue weighted by Gasteiger charge is 2.08. The molecule has 3 heteroatoms. The van der Waals surface area contributed by atoms with Gasteiger partial charge in [0.15, 0.2) is 11.2 Å². The van der Waals surface area contributed by atoms with Crippen molar-refractivity contribution in [3.05, 3.63) is 35.9 Å². The second kappa shape index (κ2) is 2.50. The third kappa shape index (κ3) is 1.01. The minimum Gasteiger partial charge on any atom is -0.461 e. The van der Waals surface area contributed by atoms with Crippen LogP contribution in [0.4, 0.5) is 0 Å². The van der Waals surface area contributed by atoms with E-state index in [-0.39, 0.29) is 0 Å². The molecule has 2 nitrogen and oxygen atoms in total. The average Bonchev–Trinajstić information content (AvgIpc) is 2.78. The molecule has 13 heavy (non-hydrogen) atoms. The Kier molecular flexibility index (Phi) is 1.34. The molecule has 0 aliphatic carbocycles. The number of fused-ring (bicyclic) bond motifs is 1. The van der Waals surface area contributed by atoms with Crippen LogP contribution in [-0.4, -0.2) is 0 Å². The Hall–Kier alpha value is -1.48. The summed E-state index contributed by atoms with van der Waals surface area (Å²) in [7, 11) is 0. The van der Waals surface area contributed by atoms with Crippen LogP contribution in [0.5, 0.6) is 0 Å². The summed E-state index contributed by atoms with van der Waals surface area (Å²) in [4.78, 5) is 1.13. The molecule has 0 saturated carbocycles. The largest absolute Gasteiger partial charge is 0.461 e. The van der Waals surface area contributed by atoms with Crippen LogP contribution < -0.4 is 0 Å². The molecule has 0 aromatic carbocycles. The lowest BCUT2D eigenvalue weighted by molar-refractivity contribution is 0.613. The van der Waals surface area contributed by atoms with Gasteiger partial charge in [-0.05, 0) is 11.4 Å². The summed E-state index contributed by atoms with van der Waals surface area (Å²) in [6, 6.07) is 7.78. The number of thiophene rings is 1. The SMILES string of the molecule is c1csc(-c2cc3occc3o2)c1. The Bertz CT molecular complexity index is 487. The van der Waals surface area contributed by atoms with Gasteiger partial charge in [-0.1, -0.05) is 6.07 Å². The molecule has 0 radical (unpaired) electrons. The average molecular weight is 190 g/mol. The first-order valence-electron chi connectivity index (χ1n) is 3.94. The summed E-state index contributed by atoms with van der Waals surface area (Å²) in [5.74, 6) is 0.879. The fraction of sp³-hybridized carbons (Fsp3) is 0. The molecule has 0 aliphatic heterocycles. The molecular formula is C10H6O2S. The smallest absolute Gasteiger partial charge is 0.173 e. The summed E-state index contributed by atoms with van der Waals surface area (Å²) in [5.41, 5.74) is 1.62. The molecule has 0 N–H and O–H groups in total. The molecule has 0 amide bonds. The van der Waals surface area contributed by atoms with Crippen molar-refractivity contribution in [1.29, 1.82) is 0 Å². The Balaban J connectivity index is 2.23. The number of hydrogen-bond donors (Lipinski definition) is 0. The van der Waals surface area contributed by atoms with Crippen molar-refractivity contribution in [2.24, 2.45) is 0 Å². The van der Waals surface area contributed by atoms with E-state index in [1.54, 1.807) is 17.6 Å². The van der Waals surface area contributed by atoms with E-state index < -0.39 is 0 Å². The zero-order valence-corrected chi connectivity index (χ0v) is 7.51. The lowest BCUT2D eigenvalue weighted by Gasteiger charge is -1.85. The predicted molar refractivity (Wildman–Crippen MR) is 51.8 cm³/mol. The van der Waals surface area contributed by atoms with E-state index in [2.05, 4.69) is 0 Å². The fourth-order valence-electron chi connectivity index (χ4n) is 1.31. The molecule has 0 atom stereocenters. The molecule has 3 rings (SSSR count). The molecule has 64 valence electrons. The van der Waals surface area contributed by atoms with E-state index in [9.17, 15) is 0 Å². The third-order valence-electron chi connectivity index (χ3n) is 1.90. The van der Waals surface area contributed by atoms with Crippen molar-refractivity contribution in [3.8, 4) is 10.6 Å². The zero-order chi connectivity index (χ0) is 8.67. The summed E-state index contributed by atoms with van der Waals surface area (Å²) in [6.45, 7) is 0. The van der Waals surface area contributed by atoms with E-state index in [1.165, 1.54) is 0 Å². The number of rotatable bonds is 1. The van der Waals surface area contributed by atoms with E-state index in [4.69, 9.17) is 8.83 Å². The van der Waals surface area contributed by atoms with Gasteiger partial charge < -0.3 is 8.83 Å². The van der Waals surface area contributed by atoms with Crippen LogP contribution >= 0.6 is 11.3 Å². The van der Waals surface area contributed by atoms with E-state index in [0.29, 0.717) is 0 Å². The molecule has 3 aromatic rings. The van der Waals surface area contributed by atoms with Gasteiger partial charge in [-0.3, -0.25) is 0 Å². The van der Waals surface area contributed by atoms with Gasteiger partial charge in [0.2, 0.25) is 0 Å². The van der Waals surface area contributed by atoms with Crippen molar-refractivity contribution >= 4 is 22.5 Å². The van der Waals surface area contributed by atoms with Crippen molar-refractivity contribution in [2.45, 2.75) is 0 Å². The van der Waals surface area contributed by atoms with Gasteiger partial charge in [0, 0.05) is 12.1 Å². The monoisotopic (exact) mass is 190 g/mol. The van der Waals surface area contributed by atoms with E-state index >= 15 is 0 Å². The van der Waals surface area contributed by atoms with Crippen molar-refractivity contribution in [1.82, 2.24) is 0 Å². The second-order valence-corrected chi connectivity index (χ2v) is 3.68. The van der Waals surface area contributed by atoms with Crippen LogP contribution in [-0.2, 0) is 0 Å². The van der Waals surface area contributed by atoms with Crippen molar-refractivity contribution in [2.75, 3.05) is 0 Å². The van der Waals surface area contributed by atoms with Gasteiger partial charge in [-0.2, -0.15) is 0 Å². The summed E-state index contributed by atoms with van der Waals surface area (Å²) in [5, 5.41) is 2.03. The van der Waals surface area contributed by atoms with Gasteiger partial charge in [-0.15, -0.1) is 11.3 Å². The van der Waals surface area contributed by atoms with Crippen LogP contribution in [0.15, 0.2) is 44.7 Å². The van der Waals surface area contributed by atoms with Crippen LogP contribution in [0, 0.1) is 0 Å². The molecule has 0 bridgehead atoms. The molecule has 0 saturated heterocycles. The first-order chi connectivity index (χ1) is 6.43. The van der Waals surface area contributed by atoms with Crippen LogP contribution in [0.25, 0.3) is 21.8 Å². The zero-order valence-electron chi connectivity index (χ0n) is 6.69. The maximum absolute atomic E-state index is 5.57. The van der Waals surface area contributed by atoms with Gasteiger partial charge >= 0.3 is 0 Å². The lowest BCUT2D eigenvalue weighted by atomic mass is 10.4. The molecule has 0 spiro atoms. The fourth-order valence-corrected chi connectivity index (χ4v) is 1.98. The molecule has 0 fully saturated rings. The van der Waals surface area contributed by atoms with Crippen molar-refractivity contribution < 1.29 is 8.83 Å². The van der Waals surface area contributed by atoms with Gasteiger partial charge in [0.1, 0.15) is 5.76 Å². The molecular weight excluding hydrogens is 184 g/mol. The first kappa shape index (κ1) is 6.97. The molecule has 3 aromatic heterocycles. The highest BCUT2D eigenvalue weighted by molar-refractivity contribution is 7.13. The van der Waals surface area contributed by atoms with Gasteiger partial charge in [0.25, 0.3) is 0 Å². The predicted octanol–water partition coefficient (Wildman–Crippen LogP) is 3.75. The first-order valence-corrected chi connectivity index (χ1v) is 4.82. The topological polar surface area (TPSA) is 26.3 Å².